The summed E-state index contributed by atoms with van der Waals surface area (Å²) in [5, 5.41) is 28.3. The smallest absolute Gasteiger partial charge is 0.281 e. The maximum atomic E-state index is 13.2. The summed E-state index contributed by atoms with van der Waals surface area (Å²) in [5.41, 5.74) is 0.902. The molecule has 4 rings (SSSR count). The van der Waals surface area contributed by atoms with Crippen LogP contribution in [0, 0.1) is 15.9 Å². The molecule has 2 aromatic heterocycles. The van der Waals surface area contributed by atoms with Crippen molar-refractivity contribution in [2.75, 3.05) is 23.0 Å². The first-order chi connectivity index (χ1) is 17.8. The Morgan fingerprint density at radius 1 is 1.14 bits per heavy atom. The number of nitrogens with zero attached hydrogens (tertiary/aromatic N) is 5. The van der Waals surface area contributed by atoms with E-state index in [2.05, 4.69) is 25.9 Å². The molecule has 190 valence electrons. The normalized spacial score (nSPS) is 10.6. The number of thioether (sulfide) groups is 1. The topological polar surface area (TPSA) is 154 Å². The second kappa shape index (κ2) is 11.6. The molecule has 0 bridgehead atoms. The van der Waals surface area contributed by atoms with Gasteiger partial charge in [-0.2, -0.15) is 5.10 Å². The van der Waals surface area contributed by atoms with E-state index in [1.807, 2.05) is 0 Å². The molecule has 0 saturated heterocycles. The molecule has 4 aromatic rings. The van der Waals surface area contributed by atoms with E-state index in [9.17, 15) is 24.1 Å². The molecule has 15 heteroatoms. The fourth-order valence-electron chi connectivity index (χ4n) is 2.97. The number of carbonyl (C=O) groups excluding carboxylic acids is 2. The molecule has 2 amide bonds. The van der Waals surface area contributed by atoms with Gasteiger partial charge in [-0.05, 0) is 43.3 Å². The summed E-state index contributed by atoms with van der Waals surface area (Å²) in [6, 6.07) is 11.1. The maximum absolute atomic E-state index is 13.2. The number of amides is 2. The van der Waals surface area contributed by atoms with Crippen molar-refractivity contribution in [2.45, 2.75) is 11.3 Å². The van der Waals surface area contributed by atoms with Gasteiger partial charge in [0.15, 0.2) is 15.8 Å². The monoisotopic (exact) mass is 543 g/mol. The number of nitro benzene ring substituents is 1. The minimum absolute atomic E-state index is 0.0101. The molecular weight excluding hydrogens is 525 g/mol. The van der Waals surface area contributed by atoms with Crippen molar-refractivity contribution in [1.82, 2.24) is 20.0 Å². The first-order valence-corrected chi connectivity index (χ1v) is 12.4. The largest absolute Gasteiger partial charge is 0.490 e. The van der Waals surface area contributed by atoms with E-state index in [1.165, 1.54) is 59.4 Å². The lowest BCUT2D eigenvalue weighted by Crippen LogP contribution is -2.14. The minimum atomic E-state index is -0.576. The lowest BCUT2D eigenvalue weighted by atomic mass is 10.3. The minimum Gasteiger partial charge on any atom is -0.490 e. The molecule has 2 N–H and O–H groups in total. The highest BCUT2D eigenvalue weighted by molar-refractivity contribution is 8.01. The zero-order valence-corrected chi connectivity index (χ0v) is 20.7. The average Bonchev–Trinajstić information content (AvgIpc) is 3.51. The fraction of sp³-hybridized carbons (Fsp3) is 0.136. The van der Waals surface area contributed by atoms with Crippen molar-refractivity contribution in [3.63, 3.8) is 0 Å². The lowest BCUT2D eigenvalue weighted by molar-refractivity contribution is -0.384. The highest BCUT2D eigenvalue weighted by Crippen LogP contribution is 2.27. The number of anilines is 2. The Bertz CT molecular complexity index is 1420. The fourth-order valence-corrected chi connectivity index (χ4v) is 4.52. The van der Waals surface area contributed by atoms with Crippen LogP contribution in [0.4, 0.5) is 20.9 Å². The number of non-ortho nitro benzene ring substituents is 1. The van der Waals surface area contributed by atoms with Crippen LogP contribution >= 0.6 is 23.1 Å². The van der Waals surface area contributed by atoms with Crippen molar-refractivity contribution in [2.24, 2.45) is 0 Å². The van der Waals surface area contributed by atoms with Gasteiger partial charge in [0, 0.05) is 17.8 Å². The number of hydrogen-bond donors (Lipinski definition) is 2. The Morgan fingerprint density at radius 3 is 2.54 bits per heavy atom. The summed E-state index contributed by atoms with van der Waals surface area (Å²) in [7, 11) is 0. The molecule has 0 radical (unpaired) electrons. The Labute approximate surface area is 217 Å². The number of hydrogen-bond acceptors (Lipinski definition) is 10. The molecule has 0 fully saturated rings. The Morgan fingerprint density at radius 2 is 1.86 bits per heavy atom. The van der Waals surface area contributed by atoms with E-state index in [1.54, 1.807) is 6.92 Å². The highest BCUT2D eigenvalue weighted by Gasteiger charge is 2.21. The summed E-state index contributed by atoms with van der Waals surface area (Å²) >= 11 is 2.18. The van der Waals surface area contributed by atoms with Gasteiger partial charge in [0.25, 0.3) is 11.6 Å². The molecule has 0 unspecified atom stereocenters. The van der Waals surface area contributed by atoms with Gasteiger partial charge in [0.2, 0.25) is 11.0 Å². The van der Waals surface area contributed by atoms with Crippen LogP contribution in [0.25, 0.3) is 5.69 Å². The number of benzene rings is 2. The molecule has 2 heterocycles. The zero-order chi connectivity index (χ0) is 26.4. The summed E-state index contributed by atoms with van der Waals surface area (Å²) < 4.78 is 20.6. The predicted molar refractivity (Wildman–Crippen MR) is 135 cm³/mol. The molecule has 0 saturated carbocycles. The first-order valence-electron chi connectivity index (χ1n) is 10.6. The second-order valence-corrected chi connectivity index (χ2v) is 9.36. The average molecular weight is 544 g/mol. The van der Waals surface area contributed by atoms with Gasteiger partial charge in [-0.15, -0.1) is 10.2 Å². The van der Waals surface area contributed by atoms with Crippen molar-refractivity contribution in [3.05, 3.63) is 76.4 Å². The van der Waals surface area contributed by atoms with Gasteiger partial charge in [-0.25, -0.2) is 9.07 Å². The van der Waals surface area contributed by atoms with Gasteiger partial charge in [0.05, 0.1) is 29.2 Å². The summed E-state index contributed by atoms with van der Waals surface area (Å²) in [6.45, 7) is 2.07. The van der Waals surface area contributed by atoms with Crippen LogP contribution in [0.5, 0.6) is 5.75 Å². The number of nitrogens with one attached hydrogen (secondary N) is 2. The van der Waals surface area contributed by atoms with E-state index in [0.717, 1.165) is 23.1 Å². The van der Waals surface area contributed by atoms with Crippen LogP contribution in [0.15, 0.2) is 59.1 Å². The molecule has 37 heavy (non-hydrogen) atoms. The van der Waals surface area contributed by atoms with Crippen molar-refractivity contribution >= 4 is 51.4 Å². The number of aromatic nitrogens is 4. The molecule has 0 aliphatic carbocycles. The van der Waals surface area contributed by atoms with Crippen LogP contribution in [0.3, 0.4) is 0 Å². The third-order valence-corrected chi connectivity index (χ3v) is 6.57. The molecule has 0 spiro atoms. The third-order valence-electron chi connectivity index (χ3n) is 4.60. The predicted octanol–water partition coefficient (Wildman–Crippen LogP) is 4.15. The Kier molecular flexibility index (Phi) is 8.05. The maximum Gasteiger partial charge on any atom is 0.281 e. The summed E-state index contributed by atoms with van der Waals surface area (Å²) in [6.07, 6.45) is 1.52. The van der Waals surface area contributed by atoms with Crippen LogP contribution in [-0.2, 0) is 4.79 Å². The Balaban J connectivity index is 1.35. The third kappa shape index (κ3) is 6.65. The second-order valence-electron chi connectivity index (χ2n) is 7.16. The quantitative estimate of drug-likeness (QED) is 0.130. The number of ether oxygens (including phenoxy) is 1. The molecular formula is C22H18FN7O5S2. The van der Waals surface area contributed by atoms with Gasteiger partial charge in [-0.1, -0.05) is 23.1 Å². The van der Waals surface area contributed by atoms with Crippen LogP contribution < -0.4 is 15.4 Å². The summed E-state index contributed by atoms with van der Waals surface area (Å²) in [4.78, 5) is 35.2. The zero-order valence-electron chi connectivity index (χ0n) is 19.1. The number of carbonyl (C=O) groups is 2. The van der Waals surface area contributed by atoms with E-state index < -0.39 is 16.6 Å². The van der Waals surface area contributed by atoms with Crippen LogP contribution in [-0.4, -0.2) is 49.1 Å². The van der Waals surface area contributed by atoms with E-state index in [-0.39, 0.29) is 33.9 Å². The van der Waals surface area contributed by atoms with Gasteiger partial charge < -0.3 is 10.1 Å². The molecule has 0 atom stereocenters. The van der Waals surface area contributed by atoms with Crippen molar-refractivity contribution in [1.29, 1.82) is 0 Å². The van der Waals surface area contributed by atoms with Gasteiger partial charge in [-0.3, -0.25) is 25.0 Å². The SMILES string of the molecule is CCOc1cn(-c2ccc(F)cc2)nc1C(=O)Nc1nnc(SCC(=O)Nc2ccc([N+](=O)[O-])cc2)s1. The number of nitro groups is 1. The summed E-state index contributed by atoms with van der Waals surface area (Å²) in [5.74, 6) is -1.06. The Hall–Kier alpha value is -4.37. The molecule has 2 aromatic carbocycles. The molecule has 12 nitrogen and oxygen atoms in total. The van der Waals surface area contributed by atoms with Crippen molar-refractivity contribution in [3.8, 4) is 11.4 Å². The standard InChI is InChI=1S/C22H18FN7O5S2/c1-2-35-17-11-29(15-7-3-13(23)4-8-15)28-19(17)20(32)25-21-26-27-22(37-21)36-12-18(31)24-14-5-9-16(10-6-14)30(33)34/h3-11H,2,12H2,1H3,(H,24,31)(H,25,26,32). The van der Waals surface area contributed by atoms with E-state index in [0.29, 0.717) is 22.3 Å². The highest BCUT2D eigenvalue weighted by atomic mass is 32.2. The van der Waals surface area contributed by atoms with Gasteiger partial charge in [0.1, 0.15) is 5.82 Å². The van der Waals surface area contributed by atoms with Gasteiger partial charge >= 0.3 is 0 Å². The number of rotatable bonds is 10. The first kappa shape index (κ1) is 25.7. The van der Waals surface area contributed by atoms with Crippen LogP contribution in [0.1, 0.15) is 17.4 Å². The molecule has 0 aliphatic heterocycles. The lowest BCUT2D eigenvalue weighted by Gasteiger charge is -2.03. The van der Waals surface area contributed by atoms with E-state index in [4.69, 9.17) is 4.74 Å². The number of halogens is 1. The molecule has 0 aliphatic rings. The van der Waals surface area contributed by atoms with Crippen LogP contribution in [0.2, 0.25) is 0 Å². The van der Waals surface area contributed by atoms with E-state index >= 15 is 0 Å². The van der Waals surface area contributed by atoms with Crippen molar-refractivity contribution < 1.29 is 23.6 Å².